The Bertz CT molecular complexity index is 859. The molecule has 7 heteroatoms. The van der Waals surface area contributed by atoms with Crippen molar-refractivity contribution in [2.75, 3.05) is 39.3 Å². The van der Waals surface area contributed by atoms with Crippen molar-refractivity contribution >= 4 is 23.2 Å². The van der Waals surface area contributed by atoms with Gasteiger partial charge in [-0.25, -0.2) is 0 Å². The van der Waals surface area contributed by atoms with Crippen molar-refractivity contribution in [3.8, 4) is 0 Å². The maximum Gasteiger partial charge on any atom is 0.311 e. The summed E-state index contributed by atoms with van der Waals surface area (Å²) in [6.45, 7) is 8.24. The second kappa shape index (κ2) is 11.1. The Morgan fingerprint density at radius 1 is 0.938 bits per heavy atom. The third-order valence-corrected chi connectivity index (χ3v) is 7.50. The Labute approximate surface area is 195 Å². The van der Waals surface area contributed by atoms with Gasteiger partial charge in [-0.1, -0.05) is 36.4 Å². The van der Waals surface area contributed by atoms with E-state index in [1.54, 1.807) is 16.2 Å². The van der Waals surface area contributed by atoms with Gasteiger partial charge < -0.3 is 10.2 Å². The van der Waals surface area contributed by atoms with Crippen LogP contribution in [0.15, 0.2) is 47.8 Å². The molecule has 4 rings (SSSR count). The van der Waals surface area contributed by atoms with E-state index in [0.29, 0.717) is 13.1 Å². The maximum atomic E-state index is 12.7. The molecular formula is C25H34N4O2S. The van der Waals surface area contributed by atoms with Crippen LogP contribution in [-0.2, 0) is 16.1 Å². The number of amides is 2. The average molecular weight is 455 g/mol. The zero-order chi connectivity index (χ0) is 22.3. The molecule has 172 valence electrons. The second-order valence-corrected chi connectivity index (χ2v) is 9.85. The van der Waals surface area contributed by atoms with Gasteiger partial charge in [-0.2, -0.15) is 0 Å². The molecule has 1 aromatic carbocycles. The van der Waals surface area contributed by atoms with Gasteiger partial charge in [0.2, 0.25) is 0 Å². The fourth-order valence-electron chi connectivity index (χ4n) is 4.83. The van der Waals surface area contributed by atoms with Crippen LogP contribution in [0.25, 0.3) is 0 Å². The number of hydrogen-bond donors (Lipinski definition) is 1. The summed E-state index contributed by atoms with van der Waals surface area (Å²) in [6, 6.07) is 14.7. The molecule has 0 unspecified atom stereocenters. The van der Waals surface area contributed by atoms with Crippen LogP contribution in [0.3, 0.4) is 0 Å². The molecule has 32 heavy (non-hydrogen) atoms. The van der Waals surface area contributed by atoms with E-state index in [9.17, 15) is 9.59 Å². The molecule has 2 amide bonds. The second-order valence-electron chi connectivity index (χ2n) is 8.87. The van der Waals surface area contributed by atoms with E-state index >= 15 is 0 Å². The SMILES string of the molecule is C[C@H](NC(=O)C(=O)N1CCCCC1)[C@H](c1cccs1)N1CCN(Cc2ccccc2)CC1. The summed E-state index contributed by atoms with van der Waals surface area (Å²) in [5, 5.41) is 5.12. The third kappa shape index (κ3) is 5.77. The topological polar surface area (TPSA) is 55.9 Å². The zero-order valence-electron chi connectivity index (χ0n) is 18.9. The van der Waals surface area contributed by atoms with Crippen LogP contribution in [0.1, 0.15) is 42.7 Å². The minimum absolute atomic E-state index is 0.0759. The van der Waals surface area contributed by atoms with Crippen LogP contribution < -0.4 is 5.32 Å². The molecule has 2 aliphatic heterocycles. The first-order chi connectivity index (χ1) is 15.6. The molecule has 1 N–H and O–H groups in total. The molecule has 1 aromatic heterocycles. The van der Waals surface area contributed by atoms with Gasteiger partial charge in [0, 0.05) is 56.7 Å². The molecule has 2 aliphatic rings. The summed E-state index contributed by atoms with van der Waals surface area (Å²) in [5.74, 6) is -0.849. The van der Waals surface area contributed by atoms with Gasteiger partial charge in [0.15, 0.2) is 0 Å². The standard InChI is InChI=1S/C25H34N4O2S/c1-20(26-24(30)25(31)29-12-6-3-7-13-29)23(22-11-8-18-32-22)28-16-14-27(15-17-28)19-21-9-4-2-5-10-21/h2,4-5,8-11,18,20,23H,3,6-7,12-17,19H2,1H3,(H,26,30)/t20-,23+/m0/s1. The number of piperazine rings is 1. The predicted octanol–water partition coefficient (Wildman–Crippen LogP) is 3.12. The molecule has 0 spiro atoms. The van der Waals surface area contributed by atoms with Crippen molar-refractivity contribution < 1.29 is 9.59 Å². The largest absolute Gasteiger partial charge is 0.343 e. The van der Waals surface area contributed by atoms with Gasteiger partial charge >= 0.3 is 11.8 Å². The molecule has 6 nitrogen and oxygen atoms in total. The highest BCUT2D eigenvalue weighted by Crippen LogP contribution is 2.29. The fourth-order valence-corrected chi connectivity index (χ4v) is 5.80. The fraction of sp³-hybridized carbons (Fsp3) is 0.520. The highest BCUT2D eigenvalue weighted by Gasteiger charge is 2.33. The van der Waals surface area contributed by atoms with E-state index in [1.807, 2.05) is 6.92 Å². The van der Waals surface area contributed by atoms with Crippen molar-refractivity contribution in [2.24, 2.45) is 0 Å². The first-order valence-electron chi connectivity index (χ1n) is 11.8. The number of carbonyl (C=O) groups excluding carboxylic acids is 2. The van der Waals surface area contributed by atoms with Crippen LogP contribution in [-0.4, -0.2) is 71.8 Å². The van der Waals surface area contributed by atoms with Gasteiger partial charge in [-0.05, 0) is 43.2 Å². The van der Waals surface area contributed by atoms with Crippen molar-refractivity contribution in [1.29, 1.82) is 0 Å². The Kier molecular flexibility index (Phi) is 7.95. The number of carbonyl (C=O) groups is 2. The molecule has 0 aliphatic carbocycles. The lowest BCUT2D eigenvalue weighted by atomic mass is 10.0. The van der Waals surface area contributed by atoms with E-state index in [-0.39, 0.29) is 18.0 Å². The van der Waals surface area contributed by atoms with E-state index in [2.05, 4.69) is 63.0 Å². The molecule has 3 heterocycles. The molecule has 2 aromatic rings. The van der Waals surface area contributed by atoms with Crippen molar-refractivity contribution in [2.45, 2.75) is 44.8 Å². The smallest absolute Gasteiger partial charge is 0.311 e. The molecule has 2 saturated heterocycles. The van der Waals surface area contributed by atoms with Crippen molar-refractivity contribution in [3.05, 3.63) is 58.3 Å². The minimum atomic E-state index is -0.469. The Morgan fingerprint density at radius 2 is 1.66 bits per heavy atom. The van der Waals surface area contributed by atoms with E-state index in [4.69, 9.17) is 0 Å². The van der Waals surface area contributed by atoms with Gasteiger partial charge in [-0.15, -0.1) is 11.3 Å². The summed E-state index contributed by atoms with van der Waals surface area (Å²) >= 11 is 1.72. The quantitative estimate of drug-likeness (QED) is 0.682. The molecule has 0 saturated carbocycles. The summed E-state index contributed by atoms with van der Waals surface area (Å²) in [7, 11) is 0. The lowest BCUT2D eigenvalue weighted by molar-refractivity contribution is -0.147. The summed E-state index contributed by atoms with van der Waals surface area (Å²) in [5.41, 5.74) is 1.34. The van der Waals surface area contributed by atoms with Crippen LogP contribution in [0, 0.1) is 0 Å². The number of nitrogens with zero attached hydrogens (tertiary/aromatic N) is 3. The van der Waals surface area contributed by atoms with Crippen molar-refractivity contribution in [3.63, 3.8) is 0 Å². The monoisotopic (exact) mass is 454 g/mol. The van der Waals surface area contributed by atoms with Gasteiger partial charge in [-0.3, -0.25) is 19.4 Å². The minimum Gasteiger partial charge on any atom is -0.343 e. The Balaban J connectivity index is 1.37. The van der Waals surface area contributed by atoms with Crippen LogP contribution in [0.5, 0.6) is 0 Å². The molecule has 0 bridgehead atoms. The van der Waals surface area contributed by atoms with Crippen LogP contribution >= 0.6 is 11.3 Å². The third-order valence-electron chi connectivity index (χ3n) is 6.55. The number of piperidine rings is 1. The summed E-state index contributed by atoms with van der Waals surface area (Å²) in [6.07, 6.45) is 3.11. The number of benzene rings is 1. The summed E-state index contributed by atoms with van der Waals surface area (Å²) < 4.78 is 0. The van der Waals surface area contributed by atoms with E-state index in [1.165, 1.54) is 10.4 Å². The van der Waals surface area contributed by atoms with E-state index in [0.717, 1.165) is 52.0 Å². The van der Waals surface area contributed by atoms with Gasteiger partial charge in [0.05, 0.1) is 6.04 Å². The predicted molar refractivity (Wildman–Crippen MR) is 128 cm³/mol. The number of likely N-dealkylation sites (tertiary alicyclic amines) is 1. The molecular weight excluding hydrogens is 420 g/mol. The molecule has 0 radical (unpaired) electrons. The van der Waals surface area contributed by atoms with Gasteiger partial charge in [0.1, 0.15) is 0 Å². The summed E-state index contributed by atoms with van der Waals surface area (Å²) in [4.78, 5) is 33.3. The van der Waals surface area contributed by atoms with E-state index < -0.39 is 5.91 Å². The zero-order valence-corrected chi connectivity index (χ0v) is 19.7. The lowest BCUT2D eigenvalue weighted by Crippen LogP contribution is -2.54. The van der Waals surface area contributed by atoms with Crippen LogP contribution in [0.2, 0.25) is 0 Å². The first kappa shape index (κ1) is 23.0. The number of rotatable bonds is 6. The average Bonchev–Trinajstić information content (AvgIpc) is 3.35. The van der Waals surface area contributed by atoms with Crippen LogP contribution in [0.4, 0.5) is 0 Å². The Hall–Kier alpha value is -2.22. The lowest BCUT2D eigenvalue weighted by Gasteiger charge is -2.41. The normalized spacial score (nSPS) is 20.0. The van der Waals surface area contributed by atoms with Gasteiger partial charge in [0.25, 0.3) is 0 Å². The maximum absolute atomic E-state index is 12.7. The highest BCUT2D eigenvalue weighted by molar-refractivity contribution is 7.10. The number of hydrogen-bond acceptors (Lipinski definition) is 5. The highest BCUT2D eigenvalue weighted by atomic mass is 32.1. The number of nitrogens with one attached hydrogen (secondary N) is 1. The van der Waals surface area contributed by atoms with Crippen molar-refractivity contribution in [1.82, 2.24) is 20.0 Å². The molecule has 2 fully saturated rings. The molecule has 2 atom stereocenters. The number of thiophene rings is 1. The first-order valence-corrected chi connectivity index (χ1v) is 12.6. The Morgan fingerprint density at radius 3 is 2.31 bits per heavy atom.